The number of ether oxygens (including phenoxy) is 1. The van der Waals surface area contributed by atoms with Gasteiger partial charge in [0.25, 0.3) is 5.91 Å². The lowest BCUT2D eigenvalue weighted by Crippen LogP contribution is -2.51. The molecule has 0 aliphatic heterocycles. The molecule has 0 radical (unpaired) electrons. The highest BCUT2D eigenvalue weighted by Gasteiger charge is 2.33. The standard InChI is InChI=1S/C10H19NO5/c1-4-10(2,16-3)9(15)11-7(5-6-12)8(13)14/h7,12H,4-6H2,1-3H3,(H,11,15)(H,13,14)/t7-,10?/m0/s1. The van der Waals surface area contributed by atoms with Crippen molar-refractivity contribution in [2.24, 2.45) is 0 Å². The molecule has 0 aromatic heterocycles. The molecule has 1 amide bonds. The minimum Gasteiger partial charge on any atom is -0.480 e. The van der Waals surface area contributed by atoms with Gasteiger partial charge in [-0.3, -0.25) is 4.79 Å². The molecule has 94 valence electrons. The molecule has 0 fully saturated rings. The van der Waals surface area contributed by atoms with Gasteiger partial charge in [-0.25, -0.2) is 4.79 Å². The van der Waals surface area contributed by atoms with E-state index in [9.17, 15) is 9.59 Å². The Morgan fingerprint density at radius 3 is 2.38 bits per heavy atom. The number of aliphatic hydroxyl groups is 1. The van der Waals surface area contributed by atoms with E-state index in [1.165, 1.54) is 7.11 Å². The van der Waals surface area contributed by atoms with Crippen molar-refractivity contribution in [3.8, 4) is 0 Å². The second kappa shape index (κ2) is 6.44. The van der Waals surface area contributed by atoms with Gasteiger partial charge in [0.05, 0.1) is 0 Å². The number of carbonyl (C=O) groups is 2. The Balaban J connectivity index is 4.56. The number of carboxylic acid groups (broad SMARTS) is 1. The fourth-order valence-electron chi connectivity index (χ4n) is 1.09. The zero-order chi connectivity index (χ0) is 12.8. The van der Waals surface area contributed by atoms with Gasteiger partial charge in [0, 0.05) is 20.1 Å². The molecule has 0 saturated heterocycles. The first-order valence-corrected chi connectivity index (χ1v) is 5.11. The summed E-state index contributed by atoms with van der Waals surface area (Å²) in [6, 6.07) is -1.08. The Kier molecular flexibility index (Phi) is 5.98. The van der Waals surface area contributed by atoms with Crippen LogP contribution in [-0.2, 0) is 14.3 Å². The van der Waals surface area contributed by atoms with E-state index in [1.54, 1.807) is 13.8 Å². The first kappa shape index (κ1) is 14.9. The fraction of sp³-hybridized carbons (Fsp3) is 0.800. The summed E-state index contributed by atoms with van der Waals surface area (Å²) in [6.45, 7) is 3.05. The van der Waals surface area contributed by atoms with Crippen molar-refractivity contribution in [2.75, 3.05) is 13.7 Å². The third-order valence-corrected chi connectivity index (χ3v) is 2.63. The molecule has 0 saturated carbocycles. The van der Waals surface area contributed by atoms with Crippen molar-refractivity contribution in [1.82, 2.24) is 5.32 Å². The second-order valence-corrected chi connectivity index (χ2v) is 3.67. The van der Waals surface area contributed by atoms with Crippen molar-refractivity contribution in [1.29, 1.82) is 0 Å². The highest BCUT2D eigenvalue weighted by atomic mass is 16.5. The third kappa shape index (κ3) is 3.79. The van der Waals surface area contributed by atoms with E-state index in [-0.39, 0.29) is 13.0 Å². The average Bonchev–Trinajstić information content (AvgIpc) is 2.26. The number of hydrogen-bond acceptors (Lipinski definition) is 4. The number of methoxy groups -OCH3 is 1. The van der Waals surface area contributed by atoms with Crippen LogP contribution < -0.4 is 5.32 Å². The molecule has 6 nitrogen and oxygen atoms in total. The zero-order valence-corrected chi connectivity index (χ0v) is 9.82. The fourth-order valence-corrected chi connectivity index (χ4v) is 1.09. The Bertz CT molecular complexity index is 250. The SMILES string of the molecule is CCC(C)(OC)C(=O)N[C@@H](CCO)C(=O)O. The van der Waals surface area contributed by atoms with Crippen molar-refractivity contribution >= 4 is 11.9 Å². The lowest BCUT2D eigenvalue weighted by molar-refractivity contribution is -0.149. The molecule has 0 bridgehead atoms. The minimum absolute atomic E-state index is 0.0232. The summed E-state index contributed by atoms with van der Waals surface area (Å²) in [5.74, 6) is -1.66. The van der Waals surface area contributed by atoms with Gasteiger partial charge in [-0.1, -0.05) is 6.92 Å². The summed E-state index contributed by atoms with van der Waals surface area (Å²) < 4.78 is 5.04. The Morgan fingerprint density at radius 1 is 1.50 bits per heavy atom. The van der Waals surface area contributed by atoms with Gasteiger partial charge < -0.3 is 20.3 Å². The monoisotopic (exact) mass is 233 g/mol. The molecule has 0 heterocycles. The highest BCUT2D eigenvalue weighted by molar-refractivity contribution is 5.88. The first-order chi connectivity index (χ1) is 7.41. The minimum atomic E-state index is -1.17. The summed E-state index contributed by atoms with van der Waals surface area (Å²) in [5, 5.41) is 19.8. The molecule has 6 heteroatoms. The van der Waals surface area contributed by atoms with Crippen LogP contribution in [0.2, 0.25) is 0 Å². The molecule has 0 aliphatic rings. The summed E-state index contributed by atoms with van der Waals surface area (Å²) in [5.41, 5.74) is -1.04. The lowest BCUT2D eigenvalue weighted by Gasteiger charge is -2.27. The molecule has 0 aliphatic carbocycles. The van der Waals surface area contributed by atoms with Crippen molar-refractivity contribution in [3.05, 3.63) is 0 Å². The van der Waals surface area contributed by atoms with Gasteiger partial charge in [0.1, 0.15) is 11.6 Å². The molecule has 2 atom stereocenters. The van der Waals surface area contributed by atoms with Crippen LogP contribution in [-0.4, -0.2) is 47.4 Å². The topological polar surface area (TPSA) is 95.9 Å². The van der Waals surface area contributed by atoms with Gasteiger partial charge in [0.15, 0.2) is 0 Å². The van der Waals surface area contributed by atoms with Gasteiger partial charge in [-0.05, 0) is 13.3 Å². The van der Waals surface area contributed by atoms with E-state index < -0.39 is 23.5 Å². The number of amides is 1. The third-order valence-electron chi connectivity index (χ3n) is 2.63. The molecule has 0 aromatic rings. The van der Waals surface area contributed by atoms with Crippen molar-refractivity contribution < 1.29 is 24.5 Å². The number of carboxylic acids is 1. The molecular weight excluding hydrogens is 214 g/mol. The Labute approximate surface area is 94.6 Å². The number of aliphatic hydroxyl groups excluding tert-OH is 1. The molecule has 3 N–H and O–H groups in total. The van der Waals surface area contributed by atoms with Crippen LogP contribution in [0.25, 0.3) is 0 Å². The predicted octanol–water partition coefficient (Wildman–Crippen LogP) is -0.247. The number of aliphatic carboxylic acids is 1. The summed E-state index contributed by atoms with van der Waals surface area (Å²) in [6.07, 6.45) is 0.408. The van der Waals surface area contributed by atoms with Crippen LogP contribution in [0.15, 0.2) is 0 Å². The van der Waals surface area contributed by atoms with Gasteiger partial charge in [0.2, 0.25) is 0 Å². The van der Waals surface area contributed by atoms with Crippen molar-refractivity contribution in [2.45, 2.75) is 38.3 Å². The number of nitrogens with one attached hydrogen (secondary N) is 1. The quantitative estimate of drug-likeness (QED) is 0.563. The largest absolute Gasteiger partial charge is 0.480 e. The maximum Gasteiger partial charge on any atom is 0.326 e. The smallest absolute Gasteiger partial charge is 0.326 e. The highest BCUT2D eigenvalue weighted by Crippen LogP contribution is 2.14. The van der Waals surface area contributed by atoms with Crippen LogP contribution in [0.5, 0.6) is 0 Å². The normalized spacial score (nSPS) is 16.2. The molecule has 0 aromatic carbocycles. The molecular formula is C10H19NO5. The lowest BCUT2D eigenvalue weighted by atomic mass is 10.0. The van der Waals surface area contributed by atoms with E-state index in [1.807, 2.05) is 0 Å². The van der Waals surface area contributed by atoms with E-state index >= 15 is 0 Å². The van der Waals surface area contributed by atoms with Gasteiger partial charge >= 0.3 is 5.97 Å². The van der Waals surface area contributed by atoms with Gasteiger partial charge in [-0.2, -0.15) is 0 Å². The van der Waals surface area contributed by atoms with Gasteiger partial charge in [-0.15, -0.1) is 0 Å². The van der Waals surface area contributed by atoms with Crippen LogP contribution in [0.4, 0.5) is 0 Å². The number of rotatable bonds is 7. The Hall–Kier alpha value is -1.14. The first-order valence-electron chi connectivity index (χ1n) is 5.11. The van der Waals surface area contributed by atoms with Crippen LogP contribution in [0.1, 0.15) is 26.7 Å². The van der Waals surface area contributed by atoms with Crippen LogP contribution in [0.3, 0.4) is 0 Å². The average molecular weight is 233 g/mol. The van der Waals surface area contributed by atoms with Crippen molar-refractivity contribution in [3.63, 3.8) is 0 Å². The van der Waals surface area contributed by atoms with E-state index in [4.69, 9.17) is 14.9 Å². The number of carbonyl (C=O) groups excluding carboxylic acids is 1. The molecule has 0 spiro atoms. The molecule has 0 rings (SSSR count). The van der Waals surface area contributed by atoms with E-state index in [0.29, 0.717) is 6.42 Å². The Morgan fingerprint density at radius 2 is 2.06 bits per heavy atom. The maximum absolute atomic E-state index is 11.7. The van der Waals surface area contributed by atoms with E-state index in [2.05, 4.69) is 5.32 Å². The molecule has 1 unspecified atom stereocenters. The maximum atomic E-state index is 11.7. The predicted molar refractivity (Wildman–Crippen MR) is 57.0 cm³/mol. The van der Waals surface area contributed by atoms with Crippen LogP contribution in [0, 0.1) is 0 Å². The molecule has 16 heavy (non-hydrogen) atoms. The van der Waals surface area contributed by atoms with E-state index in [0.717, 1.165) is 0 Å². The van der Waals surface area contributed by atoms with Crippen LogP contribution >= 0.6 is 0 Å². The second-order valence-electron chi connectivity index (χ2n) is 3.67. The number of hydrogen-bond donors (Lipinski definition) is 3. The summed E-state index contributed by atoms with van der Waals surface area (Å²) in [7, 11) is 1.39. The zero-order valence-electron chi connectivity index (χ0n) is 9.82. The summed E-state index contributed by atoms with van der Waals surface area (Å²) >= 11 is 0. The summed E-state index contributed by atoms with van der Waals surface area (Å²) in [4.78, 5) is 22.5.